The summed E-state index contributed by atoms with van der Waals surface area (Å²) in [5.41, 5.74) is 6.06. The lowest BCUT2D eigenvalue weighted by molar-refractivity contribution is -0.118. The first-order valence-corrected chi connectivity index (χ1v) is 13.3. The van der Waals surface area contributed by atoms with E-state index in [4.69, 9.17) is 4.74 Å². The van der Waals surface area contributed by atoms with Gasteiger partial charge in [0.2, 0.25) is 0 Å². The van der Waals surface area contributed by atoms with E-state index in [1.165, 1.54) is 23.5 Å². The lowest BCUT2D eigenvalue weighted by Gasteiger charge is -2.19. The number of carbonyl (C=O) groups excluding carboxylic acids is 1. The summed E-state index contributed by atoms with van der Waals surface area (Å²) in [5, 5.41) is 23.7. The number of aromatic hydroxyl groups is 1. The van der Waals surface area contributed by atoms with E-state index in [1.54, 1.807) is 18.2 Å². The van der Waals surface area contributed by atoms with Crippen molar-refractivity contribution in [1.82, 2.24) is 20.2 Å². The fraction of sp³-hybridized carbons (Fsp3) is 0.241. The van der Waals surface area contributed by atoms with Gasteiger partial charge in [0.1, 0.15) is 0 Å². The van der Waals surface area contributed by atoms with Crippen LogP contribution in [0.3, 0.4) is 0 Å². The topological polar surface area (TPSA) is 102 Å². The van der Waals surface area contributed by atoms with Crippen LogP contribution in [-0.2, 0) is 10.2 Å². The number of benzene rings is 3. The Hall–Kier alpha value is -4.11. The zero-order valence-electron chi connectivity index (χ0n) is 21.9. The predicted molar refractivity (Wildman–Crippen MR) is 151 cm³/mol. The summed E-state index contributed by atoms with van der Waals surface area (Å²) in [6.07, 6.45) is 1.38. The van der Waals surface area contributed by atoms with E-state index >= 15 is 0 Å². The molecule has 0 fully saturated rings. The van der Waals surface area contributed by atoms with E-state index in [0.29, 0.717) is 28.9 Å². The molecule has 0 unspecified atom stereocenters. The molecule has 0 bridgehead atoms. The van der Waals surface area contributed by atoms with Crippen molar-refractivity contribution in [3.63, 3.8) is 0 Å². The van der Waals surface area contributed by atoms with Gasteiger partial charge in [0.05, 0.1) is 18.6 Å². The third-order valence-electron chi connectivity index (χ3n) is 5.71. The average molecular weight is 530 g/mol. The van der Waals surface area contributed by atoms with Gasteiger partial charge in [-0.05, 0) is 42.2 Å². The van der Waals surface area contributed by atoms with Crippen LogP contribution in [0.25, 0.3) is 17.1 Å². The van der Waals surface area contributed by atoms with Crippen molar-refractivity contribution in [2.24, 2.45) is 5.10 Å². The minimum absolute atomic E-state index is 0.0271. The van der Waals surface area contributed by atoms with Gasteiger partial charge in [-0.1, -0.05) is 81.1 Å². The molecule has 1 aromatic heterocycles. The second kappa shape index (κ2) is 12.0. The lowest BCUT2D eigenvalue weighted by Crippen LogP contribution is -2.20. The molecule has 38 heavy (non-hydrogen) atoms. The molecule has 2 N–H and O–H groups in total. The smallest absolute Gasteiger partial charge is 0.250 e. The minimum atomic E-state index is -0.314. The number of hydrogen-bond donors (Lipinski definition) is 2. The highest BCUT2D eigenvalue weighted by Crippen LogP contribution is 2.30. The Labute approximate surface area is 226 Å². The van der Waals surface area contributed by atoms with Gasteiger partial charge in [0.15, 0.2) is 22.5 Å². The number of aromatic nitrogens is 3. The molecule has 196 valence electrons. The van der Waals surface area contributed by atoms with Crippen LogP contribution in [-0.4, -0.2) is 44.4 Å². The SMILES string of the molecule is CCOc1cccc(/C=N/NC(=O)CSc2nnc(-c3ccc(C(C)(C)C)cc3)n2-c2ccccc2)c1O. The highest BCUT2D eigenvalue weighted by molar-refractivity contribution is 7.99. The molecule has 0 radical (unpaired) electrons. The number of nitrogens with zero attached hydrogens (tertiary/aromatic N) is 4. The summed E-state index contributed by atoms with van der Waals surface area (Å²) < 4.78 is 7.33. The lowest BCUT2D eigenvalue weighted by atomic mass is 9.87. The van der Waals surface area contributed by atoms with Gasteiger partial charge in [-0.15, -0.1) is 10.2 Å². The standard InChI is InChI=1S/C29H31N5O3S/c1-5-37-24-13-9-10-21(26(24)36)18-30-31-25(35)19-38-28-33-32-27(34(28)23-11-7-6-8-12-23)20-14-16-22(17-15-20)29(2,3)4/h6-18,36H,5,19H2,1-4H3,(H,31,35)/b30-18+. The Morgan fingerprint density at radius 2 is 1.79 bits per heavy atom. The van der Waals surface area contributed by atoms with Gasteiger partial charge in [-0.3, -0.25) is 9.36 Å². The first-order valence-electron chi connectivity index (χ1n) is 12.3. The van der Waals surface area contributed by atoms with Gasteiger partial charge in [0.25, 0.3) is 5.91 Å². The first-order chi connectivity index (χ1) is 18.3. The molecule has 4 rings (SSSR count). The van der Waals surface area contributed by atoms with Crippen molar-refractivity contribution in [2.45, 2.75) is 38.3 Å². The van der Waals surface area contributed by atoms with Crippen LogP contribution in [0.15, 0.2) is 83.1 Å². The van der Waals surface area contributed by atoms with Gasteiger partial charge >= 0.3 is 0 Å². The molecule has 0 saturated carbocycles. The number of phenolic OH excluding ortho intramolecular Hbond substituents is 1. The molecule has 0 aliphatic carbocycles. The Bertz CT molecular complexity index is 1410. The molecule has 0 aliphatic heterocycles. The summed E-state index contributed by atoms with van der Waals surface area (Å²) >= 11 is 1.27. The fourth-order valence-corrected chi connectivity index (χ4v) is 4.48. The van der Waals surface area contributed by atoms with Crippen molar-refractivity contribution in [3.8, 4) is 28.6 Å². The number of hydrazone groups is 1. The second-order valence-electron chi connectivity index (χ2n) is 9.51. The van der Waals surface area contributed by atoms with E-state index in [1.807, 2.05) is 41.8 Å². The monoisotopic (exact) mass is 529 g/mol. The second-order valence-corrected chi connectivity index (χ2v) is 10.5. The molecular weight excluding hydrogens is 498 g/mol. The van der Waals surface area contributed by atoms with Gasteiger partial charge in [0, 0.05) is 16.8 Å². The number of thioether (sulfide) groups is 1. The predicted octanol–water partition coefficient (Wildman–Crippen LogP) is 5.58. The maximum atomic E-state index is 12.5. The number of nitrogens with one attached hydrogen (secondary N) is 1. The molecule has 9 heteroatoms. The number of amides is 1. The zero-order valence-corrected chi connectivity index (χ0v) is 22.7. The molecule has 0 spiro atoms. The molecule has 1 heterocycles. The summed E-state index contributed by atoms with van der Waals surface area (Å²) in [4.78, 5) is 12.5. The maximum Gasteiger partial charge on any atom is 0.250 e. The Kier molecular flexibility index (Phi) is 8.48. The fourth-order valence-electron chi connectivity index (χ4n) is 3.73. The normalized spacial score (nSPS) is 11.6. The largest absolute Gasteiger partial charge is 0.504 e. The molecule has 0 atom stereocenters. The van der Waals surface area contributed by atoms with Gasteiger partial charge in [-0.2, -0.15) is 5.10 Å². The van der Waals surface area contributed by atoms with Crippen LogP contribution in [0.5, 0.6) is 11.5 Å². The third-order valence-corrected chi connectivity index (χ3v) is 6.64. The first kappa shape index (κ1) is 26.9. The van der Waals surface area contributed by atoms with Crippen molar-refractivity contribution in [1.29, 1.82) is 0 Å². The number of phenols is 1. The molecule has 8 nitrogen and oxygen atoms in total. The molecule has 0 aliphatic rings. The summed E-state index contributed by atoms with van der Waals surface area (Å²) in [7, 11) is 0. The van der Waals surface area contributed by atoms with E-state index in [-0.39, 0.29) is 22.8 Å². The van der Waals surface area contributed by atoms with E-state index in [9.17, 15) is 9.90 Å². The Balaban J connectivity index is 1.49. The summed E-state index contributed by atoms with van der Waals surface area (Å²) in [6, 6.07) is 23.2. The quantitative estimate of drug-likeness (QED) is 0.167. The Morgan fingerprint density at radius 1 is 1.05 bits per heavy atom. The van der Waals surface area contributed by atoms with Crippen molar-refractivity contribution >= 4 is 23.9 Å². The third kappa shape index (κ3) is 6.41. The van der Waals surface area contributed by atoms with Gasteiger partial charge < -0.3 is 9.84 Å². The van der Waals surface area contributed by atoms with Crippen LogP contribution >= 0.6 is 11.8 Å². The van der Waals surface area contributed by atoms with E-state index < -0.39 is 0 Å². The highest BCUT2D eigenvalue weighted by Gasteiger charge is 2.19. The molecular formula is C29H31N5O3S. The average Bonchev–Trinajstić information content (AvgIpc) is 3.34. The summed E-state index contributed by atoms with van der Waals surface area (Å²) in [5.74, 6) is 0.798. The zero-order chi connectivity index (χ0) is 27.1. The number of carbonyl (C=O) groups is 1. The molecule has 3 aromatic carbocycles. The maximum absolute atomic E-state index is 12.5. The number of ether oxygens (including phenoxy) is 1. The minimum Gasteiger partial charge on any atom is -0.504 e. The van der Waals surface area contributed by atoms with Crippen molar-refractivity contribution < 1.29 is 14.6 Å². The number of hydrogen-bond acceptors (Lipinski definition) is 7. The Morgan fingerprint density at radius 3 is 2.47 bits per heavy atom. The van der Waals surface area contributed by atoms with Crippen LogP contribution in [0.1, 0.15) is 38.8 Å². The van der Waals surface area contributed by atoms with Crippen LogP contribution < -0.4 is 10.2 Å². The van der Waals surface area contributed by atoms with Crippen molar-refractivity contribution in [2.75, 3.05) is 12.4 Å². The molecule has 4 aromatic rings. The number of para-hydroxylation sites is 2. The van der Waals surface area contributed by atoms with Gasteiger partial charge in [-0.25, -0.2) is 5.43 Å². The van der Waals surface area contributed by atoms with Crippen LogP contribution in [0.2, 0.25) is 0 Å². The van der Waals surface area contributed by atoms with Crippen LogP contribution in [0, 0.1) is 0 Å². The molecule has 0 saturated heterocycles. The summed E-state index contributed by atoms with van der Waals surface area (Å²) in [6.45, 7) is 8.80. The van der Waals surface area contributed by atoms with E-state index in [0.717, 1.165) is 11.3 Å². The van der Waals surface area contributed by atoms with E-state index in [2.05, 4.69) is 65.8 Å². The highest BCUT2D eigenvalue weighted by atomic mass is 32.2. The number of rotatable bonds is 9. The molecule has 1 amide bonds. The van der Waals surface area contributed by atoms with Crippen LogP contribution in [0.4, 0.5) is 0 Å². The van der Waals surface area contributed by atoms with Crippen molar-refractivity contribution in [3.05, 3.63) is 83.9 Å².